The lowest BCUT2D eigenvalue weighted by Crippen LogP contribution is -2.17. The highest BCUT2D eigenvalue weighted by Crippen LogP contribution is 2.18. The number of hydrogen-bond acceptors (Lipinski definition) is 4. The Hall–Kier alpha value is -0.910. The van der Waals surface area contributed by atoms with Crippen LogP contribution in [-0.4, -0.2) is 11.1 Å². The van der Waals surface area contributed by atoms with Gasteiger partial charge in [-0.05, 0) is 16.8 Å². The summed E-state index contributed by atoms with van der Waals surface area (Å²) in [6.45, 7) is 0. The van der Waals surface area contributed by atoms with Crippen molar-refractivity contribution in [2.75, 3.05) is 0 Å². The first-order valence-electron chi connectivity index (χ1n) is 2.86. The first kappa shape index (κ1) is 8.19. The zero-order chi connectivity index (χ0) is 8.27. The summed E-state index contributed by atoms with van der Waals surface area (Å²) in [5.41, 5.74) is 0.574. The molecule has 0 aliphatic heterocycles. The van der Waals surface area contributed by atoms with Gasteiger partial charge in [-0.3, -0.25) is 4.84 Å². The fourth-order valence-electron chi connectivity index (χ4n) is 0.704. The maximum atomic E-state index is 10.4. The standard InChI is InChI=1S/C6H7NO3S/c7-10-5(6(8)9)4-1-2-11-3-4/h1-3,5H,7H2,(H,8,9). The van der Waals surface area contributed by atoms with Gasteiger partial charge in [0.2, 0.25) is 6.10 Å². The maximum absolute atomic E-state index is 10.4. The molecule has 0 aliphatic carbocycles. The van der Waals surface area contributed by atoms with Crippen molar-refractivity contribution < 1.29 is 14.7 Å². The molecule has 0 aliphatic rings. The Bertz CT molecular complexity index is 234. The highest BCUT2D eigenvalue weighted by molar-refractivity contribution is 7.08. The van der Waals surface area contributed by atoms with Crippen LogP contribution in [0.4, 0.5) is 0 Å². The normalized spacial score (nSPS) is 12.8. The van der Waals surface area contributed by atoms with E-state index in [1.165, 1.54) is 11.3 Å². The fourth-order valence-corrected chi connectivity index (χ4v) is 1.38. The van der Waals surface area contributed by atoms with Crippen molar-refractivity contribution in [2.45, 2.75) is 6.10 Å². The quantitative estimate of drug-likeness (QED) is 0.662. The number of carboxylic acid groups (broad SMARTS) is 1. The summed E-state index contributed by atoms with van der Waals surface area (Å²) >= 11 is 1.40. The number of thiophene rings is 1. The first-order chi connectivity index (χ1) is 5.25. The molecular formula is C6H7NO3S. The van der Waals surface area contributed by atoms with Crippen LogP contribution >= 0.6 is 11.3 Å². The van der Waals surface area contributed by atoms with Crippen LogP contribution in [0.15, 0.2) is 16.8 Å². The maximum Gasteiger partial charge on any atom is 0.339 e. The van der Waals surface area contributed by atoms with E-state index >= 15 is 0 Å². The van der Waals surface area contributed by atoms with Gasteiger partial charge in [0.15, 0.2) is 0 Å². The SMILES string of the molecule is NOC(C(=O)O)c1ccsc1. The van der Waals surface area contributed by atoms with Gasteiger partial charge >= 0.3 is 5.97 Å². The molecule has 0 aromatic carbocycles. The molecule has 0 radical (unpaired) electrons. The molecule has 5 heteroatoms. The second kappa shape index (κ2) is 3.47. The zero-order valence-corrected chi connectivity index (χ0v) is 6.38. The van der Waals surface area contributed by atoms with Crippen LogP contribution in [0.5, 0.6) is 0 Å². The molecule has 0 saturated heterocycles. The summed E-state index contributed by atoms with van der Waals surface area (Å²) in [6, 6.07) is 1.66. The van der Waals surface area contributed by atoms with Gasteiger partial charge in [-0.1, -0.05) is 0 Å². The van der Waals surface area contributed by atoms with Gasteiger partial charge in [0, 0.05) is 5.56 Å². The van der Waals surface area contributed by atoms with Crippen LogP contribution in [0.3, 0.4) is 0 Å². The predicted molar refractivity (Wildman–Crippen MR) is 40.0 cm³/mol. The van der Waals surface area contributed by atoms with E-state index < -0.39 is 12.1 Å². The summed E-state index contributed by atoms with van der Waals surface area (Å²) in [6.07, 6.45) is -1.04. The highest BCUT2D eigenvalue weighted by Gasteiger charge is 2.19. The van der Waals surface area contributed by atoms with Crippen molar-refractivity contribution in [1.29, 1.82) is 0 Å². The molecule has 60 valence electrons. The topological polar surface area (TPSA) is 72.5 Å². The Morgan fingerprint density at radius 3 is 2.91 bits per heavy atom. The lowest BCUT2D eigenvalue weighted by atomic mass is 10.2. The van der Waals surface area contributed by atoms with Gasteiger partial charge in [0.1, 0.15) is 0 Å². The van der Waals surface area contributed by atoms with Crippen molar-refractivity contribution in [3.63, 3.8) is 0 Å². The van der Waals surface area contributed by atoms with E-state index in [9.17, 15) is 4.79 Å². The molecule has 0 fully saturated rings. The largest absolute Gasteiger partial charge is 0.479 e. The van der Waals surface area contributed by atoms with Gasteiger partial charge in [-0.25, -0.2) is 10.7 Å². The summed E-state index contributed by atoms with van der Waals surface area (Å²) in [4.78, 5) is 14.7. The van der Waals surface area contributed by atoms with Crippen LogP contribution in [0.1, 0.15) is 11.7 Å². The second-order valence-electron chi connectivity index (χ2n) is 1.91. The minimum absolute atomic E-state index is 0.574. The minimum atomic E-state index is -1.08. The molecular weight excluding hydrogens is 166 g/mol. The van der Waals surface area contributed by atoms with Gasteiger partial charge < -0.3 is 5.11 Å². The van der Waals surface area contributed by atoms with Crippen molar-refractivity contribution in [3.05, 3.63) is 22.4 Å². The van der Waals surface area contributed by atoms with E-state index in [1.54, 1.807) is 16.8 Å². The third-order valence-electron chi connectivity index (χ3n) is 1.21. The second-order valence-corrected chi connectivity index (χ2v) is 2.69. The third-order valence-corrected chi connectivity index (χ3v) is 1.91. The van der Waals surface area contributed by atoms with Gasteiger partial charge in [0.05, 0.1) is 0 Å². The zero-order valence-electron chi connectivity index (χ0n) is 5.56. The molecule has 1 aromatic heterocycles. The van der Waals surface area contributed by atoms with Crippen molar-refractivity contribution >= 4 is 17.3 Å². The van der Waals surface area contributed by atoms with Crippen molar-refractivity contribution in [2.24, 2.45) is 5.90 Å². The third kappa shape index (κ3) is 1.76. The van der Waals surface area contributed by atoms with Gasteiger partial charge in [-0.2, -0.15) is 11.3 Å². The molecule has 0 saturated carbocycles. The predicted octanol–water partition coefficient (Wildman–Crippen LogP) is 0.764. The summed E-state index contributed by atoms with van der Waals surface area (Å²) in [7, 11) is 0. The fraction of sp³-hybridized carbons (Fsp3) is 0.167. The summed E-state index contributed by atoms with van der Waals surface area (Å²) in [5.74, 6) is 3.71. The van der Waals surface area contributed by atoms with Crippen molar-refractivity contribution in [3.8, 4) is 0 Å². The molecule has 3 N–H and O–H groups in total. The van der Waals surface area contributed by atoms with E-state index in [2.05, 4.69) is 4.84 Å². The molecule has 1 atom stereocenters. The number of rotatable bonds is 3. The minimum Gasteiger partial charge on any atom is -0.479 e. The number of carboxylic acids is 1. The summed E-state index contributed by atoms with van der Waals surface area (Å²) < 4.78 is 0. The Morgan fingerprint density at radius 1 is 1.82 bits per heavy atom. The van der Waals surface area contributed by atoms with Crippen LogP contribution < -0.4 is 5.90 Å². The molecule has 0 amide bonds. The highest BCUT2D eigenvalue weighted by atomic mass is 32.1. The first-order valence-corrected chi connectivity index (χ1v) is 3.80. The van der Waals surface area contributed by atoms with E-state index in [1.807, 2.05) is 0 Å². The lowest BCUT2D eigenvalue weighted by molar-refractivity contribution is -0.151. The smallest absolute Gasteiger partial charge is 0.339 e. The Morgan fingerprint density at radius 2 is 2.55 bits per heavy atom. The average Bonchev–Trinajstić information content (AvgIpc) is 2.40. The van der Waals surface area contributed by atoms with Crippen LogP contribution in [-0.2, 0) is 9.63 Å². The molecule has 4 nitrogen and oxygen atoms in total. The molecule has 1 rings (SSSR count). The molecule has 0 spiro atoms. The average molecular weight is 173 g/mol. The Kier molecular flexibility index (Phi) is 2.58. The van der Waals surface area contributed by atoms with Crippen molar-refractivity contribution in [1.82, 2.24) is 0 Å². The van der Waals surface area contributed by atoms with E-state index in [0.717, 1.165) is 0 Å². The summed E-state index contributed by atoms with van der Waals surface area (Å²) in [5, 5.41) is 12.0. The van der Waals surface area contributed by atoms with Crippen LogP contribution in [0, 0.1) is 0 Å². The van der Waals surface area contributed by atoms with E-state index in [4.69, 9.17) is 11.0 Å². The number of carbonyl (C=O) groups is 1. The molecule has 1 aromatic rings. The van der Waals surface area contributed by atoms with E-state index in [0.29, 0.717) is 5.56 Å². The van der Waals surface area contributed by atoms with Gasteiger partial charge in [0.25, 0.3) is 0 Å². The number of aliphatic carboxylic acids is 1. The Labute approximate surface area is 67.2 Å². The van der Waals surface area contributed by atoms with Gasteiger partial charge in [-0.15, -0.1) is 0 Å². The lowest BCUT2D eigenvalue weighted by Gasteiger charge is -2.05. The van der Waals surface area contributed by atoms with Crippen LogP contribution in [0.2, 0.25) is 0 Å². The Balaban J connectivity index is 2.79. The number of nitrogens with two attached hydrogens (primary N) is 1. The molecule has 11 heavy (non-hydrogen) atoms. The monoisotopic (exact) mass is 173 g/mol. The molecule has 0 bridgehead atoms. The van der Waals surface area contributed by atoms with Crippen LogP contribution in [0.25, 0.3) is 0 Å². The number of hydrogen-bond donors (Lipinski definition) is 2. The molecule has 1 heterocycles. The molecule has 1 unspecified atom stereocenters. The van der Waals surface area contributed by atoms with E-state index in [-0.39, 0.29) is 0 Å².